The van der Waals surface area contributed by atoms with Gasteiger partial charge in [-0.2, -0.15) is 0 Å². The van der Waals surface area contributed by atoms with Crippen molar-refractivity contribution in [2.24, 2.45) is 0 Å². The Kier molecular flexibility index (Phi) is 1.83. The van der Waals surface area contributed by atoms with E-state index in [0.29, 0.717) is 13.0 Å². The number of ether oxygens (including phenoxy) is 2. The first-order valence-corrected chi connectivity index (χ1v) is 2.67. The Labute approximate surface area is 48.2 Å². The first-order chi connectivity index (χ1) is 3.84. The van der Waals surface area contributed by atoms with E-state index in [4.69, 9.17) is 14.6 Å². The summed E-state index contributed by atoms with van der Waals surface area (Å²) in [5.41, 5.74) is 0. The van der Waals surface area contributed by atoms with Gasteiger partial charge in [0.15, 0.2) is 6.29 Å². The fraction of sp³-hybridized carbons (Fsp3) is 1.00. The quantitative estimate of drug-likeness (QED) is 0.515. The molecule has 0 saturated carbocycles. The van der Waals surface area contributed by atoms with Gasteiger partial charge >= 0.3 is 0 Å². The van der Waals surface area contributed by atoms with Crippen LogP contribution in [0.4, 0.5) is 0 Å². The molecule has 3 heteroatoms. The van der Waals surface area contributed by atoms with Gasteiger partial charge in [-0.3, -0.25) is 0 Å². The van der Waals surface area contributed by atoms with E-state index in [1.54, 1.807) is 0 Å². The number of rotatable bonds is 1. The van der Waals surface area contributed by atoms with Crippen molar-refractivity contribution in [2.45, 2.75) is 18.8 Å². The minimum Gasteiger partial charge on any atom is -0.388 e. The minimum atomic E-state index is -0.417. The van der Waals surface area contributed by atoms with Crippen molar-refractivity contribution in [1.29, 1.82) is 0 Å². The molecule has 1 aliphatic heterocycles. The second-order valence-corrected chi connectivity index (χ2v) is 1.83. The summed E-state index contributed by atoms with van der Waals surface area (Å²) in [6.07, 6.45) is -0.103. The monoisotopic (exact) mass is 118 g/mol. The molecular weight excluding hydrogens is 108 g/mol. The van der Waals surface area contributed by atoms with Crippen molar-refractivity contribution >= 4 is 0 Å². The zero-order valence-corrected chi connectivity index (χ0v) is 4.83. The first-order valence-electron chi connectivity index (χ1n) is 2.67. The van der Waals surface area contributed by atoms with Crippen LogP contribution in [0.25, 0.3) is 0 Å². The summed E-state index contributed by atoms with van der Waals surface area (Å²) in [5.74, 6) is 0. The van der Waals surface area contributed by atoms with Crippen LogP contribution in [0.1, 0.15) is 6.42 Å². The lowest BCUT2D eigenvalue weighted by atomic mass is 10.3. The van der Waals surface area contributed by atoms with Crippen LogP contribution in [0, 0.1) is 0 Å². The van der Waals surface area contributed by atoms with Gasteiger partial charge in [-0.25, -0.2) is 0 Å². The van der Waals surface area contributed by atoms with Crippen LogP contribution in [0.15, 0.2) is 0 Å². The van der Waals surface area contributed by atoms with Gasteiger partial charge in [-0.1, -0.05) is 0 Å². The molecule has 3 nitrogen and oxygen atoms in total. The lowest BCUT2D eigenvalue weighted by Crippen LogP contribution is -2.22. The maximum atomic E-state index is 8.94. The Morgan fingerprint density at radius 3 is 2.75 bits per heavy atom. The normalized spacial score (nSPS) is 38.2. The Balaban J connectivity index is 2.30. The molecule has 1 saturated heterocycles. The molecule has 1 heterocycles. The average molecular weight is 118 g/mol. The molecule has 0 spiro atoms. The number of hydrogen-bond donors (Lipinski definition) is 1. The molecule has 0 aromatic heterocycles. The van der Waals surface area contributed by atoms with Crippen molar-refractivity contribution in [2.75, 3.05) is 13.7 Å². The van der Waals surface area contributed by atoms with E-state index in [2.05, 4.69) is 0 Å². The van der Waals surface area contributed by atoms with Crippen molar-refractivity contribution in [1.82, 2.24) is 0 Å². The fourth-order valence-electron chi connectivity index (χ4n) is 0.777. The minimum absolute atomic E-state index is 0.380. The molecule has 48 valence electrons. The van der Waals surface area contributed by atoms with E-state index in [9.17, 15) is 0 Å². The van der Waals surface area contributed by atoms with E-state index >= 15 is 0 Å². The third-order valence-corrected chi connectivity index (χ3v) is 1.24. The average Bonchev–Trinajstić information content (AvgIpc) is 2.14. The van der Waals surface area contributed by atoms with E-state index in [0.717, 1.165) is 0 Å². The van der Waals surface area contributed by atoms with Gasteiger partial charge in [-0.05, 0) is 0 Å². The summed E-state index contributed by atoms with van der Waals surface area (Å²) < 4.78 is 9.69. The summed E-state index contributed by atoms with van der Waals surface area (Å²) in [7, 11) is 1.53. The molecule has 0 radical (unpaired) electrons. The van der Waals surface area contributed by atoms with Gasteiger partial charge in [0.1, 0.15) is 6.10 Å². The zero-order valence-electron chi connectivity index (χ0n) is 4.83. The summed E-state index contributed by atoms with van der Waals surface area (Å²) in [6.45, 7) is 0.611. The summed E-state index contributed by atoms with van der Waals surface area (Å²) in [5, 5.41) is 8.94. The first kappa shape index (κ1) is 6.01. The van der Waals surface area contributed by atoms with E-state index < -0.39 is 6.10 Å². The van der Waals surface area contributed by atoms with Gasteiger partial charge in [0.05, 0.1) is 6.61 Å². The van der Waals surface area contributed by atoms with E-state index in [1.165, 1.54) is 7.11 Å². The molecule has 2 atom stereocenters. The molecule has 1 fully saturated rings. The lowest BCUT2D eigenvalue weighted by Gasteiger charge is -2.09. The highest BCUT2D eigenvalue weighted by molar-refractivity contribution is 4.65. The Morgan fingerprint density at radius 1 is 1.75 bits per heavy atom. The molecule has 0 bridgehead atoms. The Hall–Kier alpha value is -0.120. The van der Waals surface area contributed by atoms with Crippen LogP contribution in [-0.4, -0.2) is 31.2 Å². The van der Waals surface area contributed by atoms with Crippen LogP contribution < -0.4 is 0 Å². The van der Waals surface area contributed by atoms with Crippen molar-refractivity contribution in [3.05, 3.63) is 0 Å². The molecule has 1 rings (SSSR count). The lowest BCUT2D eigenvalue weighted by molar-refractivity contribution is -0.131. The van der Waals surface area contributed by atoms with Crippen LogP contribution in [-0.2, 0) is 9.47 Å². The topological polar surface area (TPSA) is 38.7 Å². The van der Waals surface area contributed by atoms with Gasteiger partial charge in [-0.15, -0.1) is 0 Å². The maximum absolute atomic E-state index is 8.94. The zero-order chi connectivity index (χ0) is 5.98. The maximum Gasteiger partial charge on any atom is 0.183 e. The van der Waals surface area contributed by atoms with E-state index in [1.807, 2.05) is 0 Å². The van der Waals surface area contributed by atoms with Crippen molar-refractivity contribution < 1.29 is 14.6 Å². The third kappa shape index (κ3) is 0.992. The second kappa shape index (κ2) is 2.44. The van der Waals surface area contributed by atoms with Crippen LogP contribution in [0.2, 0.25) is 0 Å². The summed E-state index contributed by atoms with van der Waals surface area (Å²) in [6, 6.07) is 0. The highest BCUT2D eigenvalue weighted by atomic mass is 16.7. The SMILES string of the molecule is CO[C@@H]1OCC[C@@H]1O. The predicted molar refractivity (Wildman–Crippen MR) is 27.4 cm³/mol. The third-order valence-electron chi connectivity index (χ3n) is 1.24. The van der Waals surface area contributed by atoms with Gasteiger partial charge in [0, 0.05) is 13.5 Å². The number of methoxy groups -OCH3 is 1. The molecule has 8 heavy (non-hydrogen) atoms. The molecule has 1 aliphatic rings. The van der Waals surface area contributed by atoms with Gasteiger partial charge in [0.25, 0.3) is 0 Å². The highest BCUT2D eigenvalue weighted by Gasteiger charge is 2.24. The number of hydrogen-bond acceptors (Lipinski definition) is 3. The molecule has 0 aromatic carbocycles. The smallest absolute Gasteiger partial charge is 0.183 e. The summed E-state index contributed by atoms with van der Waals surface area (Å²) in [4.78, 5) is 0. The molecule has 0 unspecified atom stereocenters. The number of aliphatic hydroxyl groups is 1. The Bertz CT molecular complexity index is 74.1. The molecule has 0 aliphatic carbocycles. The van der Waals surface area contributed by atoms with Gasteiger partial charge < -0.3 is 14.6 Å². The predicted octanol–water partition coefficient (Wildman–Crippen LogP) is -0.260. The van der Waals surface area contributed by atoms with Crippen LogP contribution in [0.5, 0.6) is 0 Å². The largest absolute Gasteiger partial charge is 0.388 e. The van der Waals surface area contributed by atoms with Crippen LogP contribution >= 0.6 is 0 Å². The highest BCUT2D eigenvalue weighted by Crippen LogP contribution is 2.12. The summed E-state index contributed by atoms with van der Waals surface area (Å²) >= 11 is 0. The van der Waals surface area contributed by atoms with E-state index in [-0.39, 0.29) is 6.29 Å². The van der Waals surface area contributed by atoms with Crippen molar-refractivity contribution in [3.8, 4) is 0 Å². The Morgan fingerprint density at radius 2 is 2.50 bits per heavy atom. The molecule has 0 amide bonds. The number of aliphatic hydroxyl groups excluding tert-OH is 1. The van der Waals surface area contributed by atoms with Crippen molar-refractivity contribution in [3.63, 3.8) is 0 Å². The fourth-order valence-corrected chi connectivity index (χ4v) is 0.777. The second-order valence-electron chi connectivity index (χ2n) is 1.83. The molecular formula is C5H10O3. The molecule has 0 aromatic rings. The van der Waals surface area contributed by atoms with Gasteiger partial charge in [0.2, 0.25) is 0 Å². The molecule has 1 N–H and O–H groups in total. The van der Waals surface area contributed by atoms with Crippen LogP contribution in [0.3, 0.4) is 0 Å². The standard InChI is InChI=1S/C5H10O3/c1-7-5-4(6)2-3-8-5/h4-6H,2-3H2,1H3/t4-,5+/m0/s1.